The van der Waals surface area contributed by atoms with Crippen LogP contribution >= 0.6 is 0 Å². The number of hydrogen-bond acceptors (Lipinski definition) is 7. The van der Waals surface area contributed by atoms with Gasteiger partial charge >= 0.3 is 5.97 Å². The van der Waals surface area contributed by atoms with Crippen LogP contribution in [-0.2, 0) is 16.2 Å². The van der Waals surface area contributed by atoms with Gasteiger partial charge in [-0.1, -0.05) is 0 Å². The van der Waals surface area contributed by atoms with Crippen molar-refractivity contribution in [3.63, 3.8) is 0 Å². The molecule has 0 bridgehead atoms. The summed E-state index contributed by atoms with van der Waals surface area (Å²) in [5.41, 5.74) is 5.73. The molecule has 0 saturated carbocycles. The third-order valence-electron chi connectivity index (χ3n) is 5.79. The summed E-state index contributed by atoms with van der Waals surface area (Å²) in [7, 11) is 0. The fraction of sp³-hybridized carbons (Fsp3) is 0.154. The highest BCUT2D eigenvalue weighted by atomic mass is 16.7. The number of hydrogen-bond donors (Lipinski definition) is 1. The summed E-state index contributed by atoms with van der Waals surface area (Å²) in [6.07, 6.45) is 4.70. The molecule has 34 heavy (non-hydrogen) atoms. The van der Waals surface area contributed by atoms with E-state index in [0.717, 1.165) is 21.8 Å². The lowest BCUT2D eigenvalue weighted by Gasteiger charge is -2.10. The number of pyridine rings is 1. The van der Waals surface area contributed by atoms with Gasteiger partial charge in [0.25, 0.3) is 0 Å². The van der Waals surface area contributed by atoms with Crippen LogP contribution in [0.25, 0.3) is 21.8 Å². The molecule has 5 rings (SSSR count). The van der Waals surface area contributed by atoms with Gasteiger partial charge in [0, 0.05) is 47.9 Å². The van der Waals surface area contributed by atoms with Crippen LogP contribution in [0.3, 0.4) is 0 Å². The van der Waals surface area contributed by atoms with Crippen LogP contribution in [0.5, 0.6) is 5.75 Å². The molecule has 1 N–H and O–H groups in total. The van der Waals surface area contributed by atoms with Crippen molar-refractivity contribution >= 4 is 39.3 Å². The zero-order valence-corrected chi connectivity index (χ0v) is 18.6. The molecule has 4 aromatic rings. The van der Waals surface area contributed by atoms with Gasteiger partial charge in [-0.2, -0.15) is 0 Å². The van der Waals surface area contributed by atoms with Gasteiger partial charge in [-0.3, -0.25) is 19.4 Å². The van der Waals surface area contributed by atoms with Crippen LogP contribution in [0.1, 0.15) is 40.1 Å². The number of carbonyl (C=O) groups is 3. The van der Waals surface area contributed by atoms with Crippen molar-refractivity contribution in [2.75, 3.05) is 6.61 Å². The Morgan fingerprint density at radius 1 is 1.15 bits per heavy atom. The number of carbonyl (C=O) groups excluding carboxylic acids is 3. The number of nitrogens with one attached hydrogen (secondary N) is 1. The number of aromatic nitrogens is 2. The molecule has 170 valence electrons. The Hall–Kier alpha value is -4.46. The average molecular weight is 455 g/mol. The third kappa shape index (κ3) is 3.49. The lowest BCUT2D eigenvalue weighted by atomic mass is 10.00. The monoisotopic (exact) mass is 455 g/mol. The summed E-state index contributed by atoms with van der Waals surface area (Å²) in [5, 5.41) is 1.57. The second-order valence-corrected chi connectivity index (χ2v) is 7.84. The standard InChI is InChI=1S/C26H21N3O5/c1-3-29-21-8-6-16(24(31)17-5-4-11-27-14-17)13-19(21)23-22(29)9-7-18-25(32)20(28-34-15(2)30)10-12-33-26(18)23/h4-11,13-14,28H,3,12H2,1-2H3. The minimum atomic E-state index is -0.564. The molecule has 0 amide bonds. The van der Waals surface area contributed by atoms with Crippen molar-refractivity contribution < 1.29 is 24.0 Å². The van der Waals surface area contributed by atoms with Crippen LogP contribution in [0, 0.1) is 0 Å². The Balaban J connectivity index is 1.69. The lowest BCUT2D eigenvalue weighted by Crippen LogP contribution is -2.23. The summed E-state index contributed by atoms with van der Waals surface area (Å²) in [5.74, 6) is -0.621. The zero-order valence-electron chi connectivity index (χ0n) is 18.6. The van der Waals surface area contributed by atoms with Crippen molar-refractivity contribution in [3.05, 3.63) is 83.3 Å². The minimum absolute atomic E-state index is 0.106. The lowest BCUT2D eigenvalue weighted by molar-refractivity contribution is -0.146. The molecule has 0 unspecified atom stereocenters. The van der Waals surface area contributed by atoms with E-state index in [1.54, 1.807) is 36.7 Å². The highest BCUT2D eigenvalue weighted by Gasteiger charge is 2.26. The van der Waals surface area contributed by atoms with Crippen molar-refractivity contribution in [1.29, 1.82) is 0 Å². The molecule has 0 radical (unpaired) electrons. The summed E-state index contributed by atoms with van der Waals surface area (Å²) in [6, 6.07) is 12.6. The maximum absolute atomic E-state index is 13.2. The van der Waals surface area contributed by atoms with Gasteiger partial charge in [0.05, 0.1) is 16.5 Å². The van der Waals surface area contributed by atoms with Gasteiger partial charge < -0.3 is 14.1 Å². The molecule has 8 heteroatoms. The molecule has 1 aliphatic heterocycles. The van der Waals surface area contributed by atoms with E-state index in [9.17, 15) is 14.4 Å². The number of allylic oxidation sites excluding steroid dienone is 1. The predicted octanol–water partition coefficient (Wildman–Crippen LogP) is 3.97. The van der Waals surface area contributed by atoms with E-state index in [4.69, 9.17) is 9.57 Å². The highest BCUT2D eigenvalue weighted by molar-refractivity contribution is 6.20. The van der Waals surface area contributed by atoms with Gasteiger partial charge in [0.2, 0.25) is 5.78 Å². The summed E-state index contributed by atoms with van der Waals surface area (Å²) < 4.78 is 8.15. The van der Waals surface area contributed by atoms with E-state index < -0.39 is 5.97 Å². The topological polar surface area (TPSA) is 99.5 Å². The molecule has 0 aliphatic carbocycles. The molecule has 0 fully saturated rings. The molecule has 0 saturated heterocycles. The van der Waals surface area contributed by atoms with E-state index in [2.05, 4.69) is 15.0 Å². The van der Waals surface area contributed by atoms with Crippen LogP contribution in [-0.4, -0.2) is 33.7 Å². The molecule has 1 aliphatic rings. The molecule has 0 spiro atoms. The smallest absolute Gasteiger partial charge is 0.329 e. The van der Waals surface area contributed by atoms with Crippen LogP contribution in [0.15, 0.2) is 66.6 Å². The van der Waals surface area contributed by atoms with E-state index in [1.807, 2.05) is 25.1 Å². The molecular formula is C26H21N3O5. The first kappa shape index (κ1) is 21.4. The van der Waals surface area contributed by atoms with E-state index in [0.29, 0.717) is 29.0 Å². The molecule has 0 atom stereocenters. The van der Waals surface area contributed by atoms with Crippen LogP contribution in [0.2, 0.25) is 0 Å². The SMILES string of the molecule is CCn1c2ccc(C(=O)c3cccnc3)cc2c2c3c(ccc21)C(=O)C(NOC(C)=O)=CCO3. The van der Waals surface area contributed by atoms with Gasteiger partial charge in [0.15, 0.2) is 5.78 Å². The number of benzene rings is 2. The second kappa shape index (κ2) is 8.47. The van der Waals surface area contributed by atoms with Crippen LogP contribution < -0.4 is 10.2 Å². The first-order chi connectivity index (χ1) is 16.5. The third-order valence-corrected chi connectivity index (χ3v) is 5.79. The second-order valence-electron chi connectivity index (χ2n) is 7.84. The highest BCUT2D eigenvalue weighted by Crippen LogP contribution is 2.40. The van der Waals surface area contributed by atoms with Crippen molar-refractivity contribution in [2.45, 2.75) is 20.4 Å². The molecular weight excluding hydrogens is 434 g/mol. The first-order valence-corrected chi connectivity index (χ1v) is 10.8. The molecule has 2 aromatic heterocycles. The van der Waals surface area contributed by atoms with Gasteiger partial charge in [-0.05, 0) is 55.5 Å². The number of hydroxylamine groups is 1. The molecule has 3 heterocycles. The summed E-state index contributed by atoms with van der Waals surface area (Å²) >= 11 is 0. The van der Waals surface area contributed by atoms with E-state index in [1.165, 1.54) is 13.0 Å². The quantitative estimate of drug-likeness (QED) is 0.359. The van der Waals surface area contributed by atoms with Gasteiger partial charge in [-0.15, -0.1) is 0 Å². The number of fused-ring (bicyclic) bond motifs is 5. The van der Waals surface area contributed by atoms with E-state index in [-0.39, 0.29) is 23.9 Å². The molecule has 2 aromatic carbocycles. The predicted molar refractivity (Wildman–Crippen MR) is 126 cm³/mol. The summed E-state index contributed by atoms with van der Waals surface area (Å²) in [4.78, 5) is 46.3. The van der Waals surface area contributed by atoms with E-state index >= 15 is 0 Å². The number of Topliss-reactive ketones (excluding diaryl/α,β-unsaturated/α-hetero) is 1. The zero-order chi connectivity index (χ0) is 23.8. The molecule has 8 nitrogen and oxygen atoms in total. The fourth-order valence-electron chi connectivity index (χ4n) is 4.29. The largest absolute Gasteiger partial charge is 0.488 e. The maximum atomic E-state index is 13.2. The van der Waals surface area contributed by atoms with Crippen molar-refractivity contribution in [2.24, 2.45) is 0 Å². The Morgan fingerprint density at radius 2 is 1.97 bits per heavy atom. The first-order valence-electron chi connectivity index (χ1n) is 10.8. The average Bonchev–Trinajstić information content (AvgIpc) is 3.09. The van der Waals surface area contributed by atoms with Crippen LogP contribution in [0.4, 0.5) is 0 Å². The Kier molecular flexibility index (Phi) is 5.33. The fourth-order valence-corrected chi connectivity index (χ4v) is 4.29. The van der Waals surface area contributed by atoms with Gasteiger partial charge in [-0.25, -0.2) is 5.48 Å². The van der Waals surface area contributed by atoms with Crippen molar-refractivity contribution in [3.8, 4) is 5.75 Å². The number of ether oxygens (including phenoxy) is 1. The normalized spacial score (nSPS) is 13.1. The Bertz CT molecular complexity index is 1500. The summed E-state index contributed by atoms with van der Waals surface area (Å²) in [6.45, 7) is 4.08. The maximum Gasteiger partial charge on any atom is 0.329 e. The number of rotatable bonds is 5. The number of aryl methyl sites for hydroxylation is 1. The van der Waals surface area contributed by atoms with Gasteiger partial charge in [0.1, 0.15) is 18.1 Å². The Morgan fingerprint density at radius 3 is 2.71 bits per heavy atom. The van der Waals surface area contributed by atoms with Crippen molar-refractivity contribution in [1.82, 2.24) is 15.0 Å². The minimum Gasteiger partial charge on any atom is -0.488 e. The Labute approximate surface area is 194 Å². The number of nitrogens with zero attached hydrogens (tertiary/aromatic N) is 2. The number of ketones is 2.